The lowest BCUT2D eigenvalue weighted by molar-refractivity contribution is -0.870. The Kier molecular flexibility index (Phi) is 42.7. The first-order chi connectivity index (χ1) is 30.0. The normalized spacial score (nSPS) is 14.8. The van der Waals surface area contributed by atoms with E-state index in [0.29, 0.717) is 23.9 Å². The zero-order valence-corrected chi connectivity index (χ0v) is 41.7. The van der Waals surface area contributed by atoms with E-state index in [1.54, 1.807) is 6.08 Å². The summed E-state index contributed by atoms with van der Waals surface area (Å²) < 4.78 is 23.3. The van der Waals surface area contributed by atoms with Crippen molar-refractivity contribution in [1.82, 2.24) is 5.32 Å². The lowest BCUT2D eigenvalue weighted by atomic mass is 10.0. The van der Waals surface area contributed by atoms with Crippen molar-refractivity contribution in [3.8, 4) is 0 Å². The molecule has 0 bridgehead atoms. The van der Waals surface area contributed by atoms with Gasteiger partial charge in [-0.25, -0.2) is 0 Å². The van der Waals surface area contributed by atoms with Gasteiger partial charge in [0.2, 0.25) is 5.91 Å². The zero-order valence-electron chi connectivity index (χ0n) is 40.8. The summed E-state index contributed by atoms with van der Waals surface area (Å²) in [5, 5.41) is 13.8. The van der Waals surface area contributed by atoms with Gasteiger partial charge in [0.05, 0.1) is 39.9 Å². The predicted molar refractivity (Wildman–Crippen MR) is 265 cm³/mol. The van der Waals surface area contributed by atoms with E-state index in [2.05, 4.69) is 79.9 Å². The van der Waals surface area contributed by atoms with Crippen LogP contribution in [0.25, 0.3) is 0 Å². The molecule has 3 atom stereocenters. The number of hydrogen-bond donors (Lipinski definition) is 2. The summed E-state index contributed by atoms with van der Waals surface area (Å²) in [6.07, 6.45) is 59.6. The maximum Gasteiger partial charge on any atom is 0.268 e. The first-order valence-corrected chi connectivity index (χ1v) is 26.8. The number of amides is 1. The van der Waals surface area contributed by atoms with Gasteiger partial charge in [0, 0.05) is 6.42 Å². The molecule has 8 nitrogen and oxygen atoms in total. The molecular formula is C53H97N2O6P. The molecule has 0 aliphatic rings. The fraction of sp³-hybridized carbons (Fsp3) is 0.755. The number of allylic oxidation sites excluding steroid dienone is 11. The third-order valence-electron chi connectivity index (χ3n) is 10.9. The van der Waals surface area contributed by atoms with Gasteiger partial charge in [0.1, 0.15) is 13.2 Å². The minimum absolute atomic E-state index is 0.0111. The number of aliphatic hydroxyl groups is 1. The number of likely N-dealkylation sites (N-methyl/N-ethyl adjacent to an activating group) is 1. The summed E-state index contributed by atoms with van der Waals surface area (Å²) in [5.74, 6) is -0.230. The van der Waals surface area contributed by atoms with E-state index in [4.69, 9.17) is 9.05 Å². The summed E-state index contributed by atoms with van der Waals surface area (Å²) in [6, 6.07) is -0.908. The average molecular weight is 889 g/mol. The molecule has 9 heteroatoms. The Hall–Kier alpha value is -2.06. The minimum atomic E-state index is -4.61. The van der Waals surface area contributed by atoms with Crippen LogP contribution in [0, 0.1) is 0 Å². The Morgan fingerprint density at radius 3 is 1.44 bits per heavy atom. The monoisotopic (exact) mass is 889 g/mol. The fourth-order valence-electron chi connectivity index (χ4n) is 6.94. The second-order valence-electron chi connectivity index (χ2n) is 18.1. The van der Waals surface area contributed by atoms with Gasteiger partial charge in [0.25, 0.3) is 7.82 Å². The number of rotatable bonds is 45. The molecule has 0 spiro atoms. The van der Waals surface area contributed by atoms with Crippen LogP contribution in [0.4, 0.5) is 0 Å². The molecule has 0 saturated heterocycles. The molecule has 0 aliphatic heterocycles. The van der Waals surface area contributed by atoms with Gasteiger partial charge < -0.3 is 28.8 Å². The highest BCUT2D eigenvalue weighted by Gasteiger charge is 2.23. The number of carbonyl (C=O) groups excluding carboxylic acids is 1. The molecule has 0 saturated carbocycles. The summed E-state index contributed by atoms with van der Waals surface area (Å²) in [4.78, 5) is 25.4. The zero-order chi connectivity index (χ0) is 45.7. The molecule has 0 aromatic rings. The SMILES string of the molecule is CC/C=C\C/C=C\C/C=C\C/C=C\C/C=C\CCCCCC(=O)NC(COP(=O)([O-])OCC[N+](C)(C)C)C(O)/C=C/CCCCCCCCCCCCCCCCCCCCC. The minimum Gasteiger partial charge on any atom is -0.756 e. The Morgan fingerprint density at radius 2 is 0.984 bits per heavy atom. The van der Waals surface area contributed by atoms with Crippen molar-refractivity contribution in [3.63, 3.8) is 0 Å². The molecule has 3 unspecified atom stereocenters. The maximum absolute atomic E-state index is 12.9. The molecule has 2 N–H and O–H groups in total. The first kappa shape index (κ1) is 59.9. The number of phosphoric acid groups is 1. The van der Waals surface area contributed by atoms with Gasteiger partial charge in [-0.15, -0.1) is 0 Å². The van der Waals surface area contributed by atoms with Crippen LogP contribution in [0.5, 0.6) is 0 Å². The molecule has 0 aliphatic carbocycles. The van der Waals surface area contributed by atoms with E-state index in [9.17, 15) is 19.4 Å². The van der Waals surface area contributed by atoms with E-state index in [1.807, 2.05) is 27.2 Å². The third kappa shape index (κ3) is 45.9. The van der Waals surface area contributed by atoms with E-state index in [1.165, 1.54) is 109 Å². The van der Waals surface area contributed by atoms with E-state index in [-0.39, 0.29) is 12.5 Å². The van der Waals surface area contributed by atoms with Crippen molar-refractivity contribution >= 4 is 13.7 Å². The Balaban J connectivity index is 4.40. The molecule has 62 heavy (non-hydrogen) atoms. The molecule has 360 valence electrons. The first-order valence-electron chi connectivity index (χ1n) is 25.3. The van der Waals surface area contributed by atoms with Gasteiger partial charge in [-0.3, -0.25) is 9.36 Å². The molecular weight excluding hydrogens is 792 g/mol. The van der Waals surface area contributed by atoms with Gasteiger partial charge in [-0.2, -0.15) is 0 Å². The molecule has 0 aromatic heterocycles. The van der Waals surface area contributed by atoms with E-state index >= 15 is 0 Å². The van der Waals surface area contributed by atoms with Crippen LogP contribution < -0.4 is 10.2 Å². The van der Waals surface area contributed by atoms with Crippen molar-refractivity contribution in [3.05, 3.63) is 72.9 Å². The van der Waals surface area contributed by atoms with Gasteiger partial charge >= 0.3 is 0 Å². The van der Waals surface area contributed by atoms with Crippen molar-refractivity contribution in [1.29, 1.82) is 0 Å². The summed E-state index contributed by atoms with van der Waals surface area (Å²) in [7, 11) is 1.23. The largest absolute Gasteiger partial charge is 0.756 e. The lowest BCUT2D eigenvalue weighted by Gasteiger charge is -2.29. The van der Waals surface area contributed by atoms with Crippen LogP contribution in [0.2, 0.25) is 0 Å². The highest BCUT2D eigenvalue weighted by atomic mass is 31.2. The highest BCUT2D eigenvalue weighted by molar-refractivity contribution is 7.45. The molecule has 1 amide bonds. The Morgan fingerprint density at radius 1 is 0.581 bits per heavy atom. The topological polar surface area (TPSA) is 108 Å². The standard InChI is InChI=1S/C53H97N2O6P/c1-6-8-10-12-14-16-18-20-22-24-26-27-29-30-32-34-36-38-40-42-44-46-52(56)51(50-61-62(58,59)60-49-48-55(3,4)5)54-53(57)47-45-43-41-39-37-35-33-31-28-25-23-21-19-17-15-13-11-9-7-2/h9,11,15,17,21,23,28,31,35,37,44,46,51-52,56H,6-8,10,12-14,16,18-20,22,24-27,29-30,32-34,36,38-43,45,47-50H2,1-5H3,(H-,54,57,58,59)/b11-9-,17-15-,23-21-,31-28-,37-35-,46-44+. The summed E-state index contributed by atoms with van der Waals surface area (Å²) in [6.45, 7) is 4.51. The van der Waals surface area contributed by atoms with Crippen molar-refractivity contribution in [2.75, 3.05) is 40.9 Å². The predicted octanol–water partition coefficient (Wildman–Crippen LogP) is 14.1. The van der Waals surface area contributed by atoms with Crippen LogP contribution in [0.1, 0.15) is 206 Å². The number of unbranched alkanes of at least 4 members (excludes halogenated alkanes) is 22. The second kappa shape index (κ2) is 44.2. The van der Waals surface area contributed by atoms with Crippen molar-refractivity contribution in [2.24, 2.45) is 0 Å². The molecule has 0 fully saturated rings. The number of quaternary nitrogens is 1. The molecule has 0 radical (unpaired) electrons. The maximum atomic E-state index is 12.9. The number of nitrogens with zero attached hydrogens (tertiary/aromatic N) is 1. The number of hydrogen-bond acceptors (Lipinski definition) is 6. The van der Waals surface area contributed by atoms with Gasteiger partial charge in [-0.05, 0) is 64.2 Å². The quantitative estimate of drug-likeness (QED) is 0.0273. The van der Waals surface area contributed by atoms with Crippen molar-refractivity contribution in [2.45, 2.75) is 219 Å². The van der Waals surface area contributed by atoms with Crippen molar-refractivity contribution < 1.29 is 32.9 Å². The molecule has 0 aromatic carbocycles. The number of phosphoric ester groups is 1. The summed E-state index contributed by atoms with van der Waals surface area (Å²) >= 11 is 0. The molecule has 0 rings (SSSR count). The van der Waals surface area contributed by atoms with Crippen LogP contribution in [0.3, 0.4) is 0 Å². The second-order valence-corrected chi connectivity index (χ2v) is 19.6. The number of carbonyl (C=O) groups is 1. The van der Waals surface area contributed by atoms with Crippen LogP contribution in [0.15, 0.2) is 72.9 Å². The fourth-order valence-corrected chi connectivity index (χ4v) is 7.67. The van der Waals surface area contributed by atoms with E-state index in [0.717, 1.165) is 70.6 Å². The lowest BCUT2D eigenvalue weighted by Crippen LogP contribution is -2.45. The van der Waals surface area contributed by atoms with E-state index < -0.39 is 26.6 Å². The van der Waals surface area contributed by atoms with Crippen LogP contribution in [-0.2, 0) is 18.4 Å². The average Bonchev–Trinajstić information content (AvgIpc) is 3.23. The third-order valence-corrected chi connectivity index (χ3v) is 11.9. The molecule has 0 heterocycles. The van der Waals surface area contributed by atoms with Gasteiger partial charge in [0.15, 0.2) is 0 Å². The highest BCUT2D eigenvalue weighted by Crippen LogP contribution is 2.38. The van der Waals surface area contributed by atoms with Gasteiger partial charge in [-0.1, -0.05) is 209 Å². The Bertz CT molecular complexity index is 1240. The number of nitrogens with one attached hydrogen (secondary N) is 1. The van der Waals surface area contributed by atoms with Crippen LogP contribution >= 0.6 is 7.82 Å². The van der Waals surface area contributed by atoms with Crippen LogP contribution in [-0.4, -0.2) is 68.5 Å². The number of aliphatic hydroxyl groups excluding tert-OH is 1. The smallest absolute Gasteiger partial charge is 0.268 e. The summed E-state index contributed by atoms with van der Waals surface area (Å²) in [5.41, 5.74) is 0. The Labute approximate surface area is 383 Å².